The first-order chi connectivity index (χ1) is 14.3. The van der Waals surface area contributed by atoms with Crippen molar-refractivity contribution in [2.75, 3.05) is 12.4 Å². The number of carbonyl (C=O) groups is 1. The lowest BCUT2D eigenvalue weighted by molar-refractivity contribution is -0.121. The number of rotatable bonds is 7. The highest BCUT2D eigenvalue weighted by molar-refractivity contribution is 5.76. The summed E-state index contributed by atoms with van der Waals surface area (Å²) in [7, 11) is 1.60. The van der Waals surface area contributed by atoms with Gasteiger partial charge in [-0.05, 0) is 61.7 Å². The van der Waals surface area contributed by atoms with Crippen LogP contribution in [0, 0.1) is 20.8 Å². The van der Waals surface area contributed by atoms with Crippen LogP contribution in [0.1, 0.15) is 22.4 Å². The van der Waals surface area contributed by atoms with Crippen LogP contribution in [-0.4, -0.2) is 22.6 Å². The number of methoxy groups -OCH3 is 1. The van der Waals surface area contributed by atoms with Gasteiger partial charge in [-0.15, -0.1) is 0 Å². The van der Waals surface area contributed by atoms with E-state index >= 15 is 0 Å². The van der Waals surface area contributed by atoms with Gasteiger partial charge >= 0.3 is 0 Å². The first-order valence-corrected chi connectivity index (χ1v) is 9.67. The standard InChI is InChI=1S/C23H26N4O3/c1-15-8-16(2)10-19(9-15)26-23-25-17(3)11-22(29)27(23)14-21(28)24-13-18-6-5-7-20(12-18)30-4/h5-12H,13-14H2,1-4H3,(H,24,28)(H,25,26). The molecule has 0 aliphatic carbocycles. The molecule has 1 amide bonds. The summed E-state index contributed by atoms with van der Waals surface area (Å²) in [6, 6.07) is 14.9. The predicted molar refractivity (Wildman–Crippen MR) is 117 cm³/mol. The minimum Gasteiger partial charge on any atom is -0.497 e. The highest BCUT2D eigenvalue weighted by Crippen LogP contribution is 2.18. The number of nitrogens with one attached hydrogen (secondary N) is 2. The highest BCUT2D eigenvalue weighted by atomic mass is 16.5. The van der Waals surface area contributed by atoms with Gasteiger partial charge in [0.15, 0.2) is 0 Å². The fourth-order valence-corrected chi connectivity index (χ4v) is 3.23. The second-order valence-corrected chi connectivity index (χ2v) is 7.28. The average molecular weight is 406 g/mol. The van der Waals surface area contributed by atoms with Gasteiger partial charge < -0.3 is 15.4 Å². The number of amides is 1. The van der Waals surface area contributed by atoms with E-state index in [2.05, 4.69) is 21.7 Å². The van der Waals surface area contributed by atoms with Crippen molar-refractivity contribution >= 4 is 17.5 Å². The van der Waals surface area contributed by atoms with Gasteiger partial charge in [-0.3, -0.25) is 14.2 Å². The first kappa shape index (κ1) is 21.1. The largest absolute Gasteiger partial charge is 0.497 e. The van der Waals surface area contributed by atoms with Crippen LogP contribution in [0.5, 0.6) is 5.75 Å². The summed E-state index contributed by atoms with van der Waals surface area (Å²) in [6.45, 7) is 5.95. The molecular weight excluding hydrogens is 380 g/mol. The highest BCUT2D eigenvalue weighted by Gasteiger charge is 2.12. The molecule has 0 unspecified atom stereocenters. The number of nitrogens with zero attached hydrogens (tertiary/aromatic N) is 2. The molecule has 30 heavy (non-hydrogen) atoms. The normalized spacial score (nSPS) is 10.5. The van der Waals surface area contributed by atoms with Crippen LogP contribution in [0.4, 0.5) is 11.6 Å². The number of anilines is 2. The Morgan fingerprint density at radius 3 is 2.50 bits per heavy atom. The minimum atomic E-state index is -0.286. The molecular formula is C23H26N4O3. The number of benzene rings is 2. The third-order valence-corrected chi connectivity index (χ3v) is 4.54. The van der Waals surface area contributed by atoms with Crippen molar-refractivity contribution in [1.29, 1.82) is 0 Å². The second-order valence-electron chi connectivity index (χ2n) is 7.28. The molecule has 0 aliphatic heterocycles. The van der Waals surface area contributed by atoms with Gasteiger partial charge in [-0.1, -0.05) is 18.2 Å². The summed E-state index contributed by atoms with van der Waals surface area (Å²) in [5.41, 5.74) is 4.21. The lowest BCUT2D eigenvalue weighted by Crippen LogP contribution is -2.33. The molecule has 0 spiro atoms. The van der Waals surface area contributed by atoms with Gasteiger partial charge in [0.25, 0.3) is 5.56 Å². The molecule has 3 aromatic rings. The number of ether oxygens (including phenoxy) is 1. The van der Waals surface area contributed by atoms with Crippen molar-refractivity contribution in [2.45, 2.75) is 33.9 Å². The molecule has 0 saturated heterocycles. The Morgan fingerprint density at radius 1 is 1.07 bits per heavy atom. The maximum Gasteiger partial charge on any atom is 0.255 e. The zero-order valence-electron chi connectivity index (χ0n) is 17.7. The van der Waals surface area contributed by atoms with Gasteiger partial charge in [0, 0.05) is 24.0 Å². The summed E-state index contributed by atoms with van der Waals surface area (Å²) in [6.07, 6.45) is 0. The molecule has 0 fully saturated rings. The van der Waals surface area contributed by atoms with Crippen LogP contribution in [0.15, 0.2) is 53.3 Å². The number of aryl methyl sites for hydroxylation is 3. The number of carbonyl (C=O) groups excluding carboxylic acids is 1. The zero-order valence-corrected chi connectivity index (χ0v) is 17.7. The van der Waals surface area contributed by atoms with Gasteiger partial charge in [-0.25, -0.2) is 4.98 Å². The van der Waals surface area contributed by atoms with Gasteiger partial charge in [0.1, 0.15) is 12.3 Å². The summed E-state index contributed by atoms with van der Waals surface area (Å²) < 4.78 is 6.54. The lowest BCUT2D eigenvalue weighted by atomic mass is 10.1. The maximum atomic E-state index is 12.6. The zero-order chi connectivity index (χ0) is 21.7. The van der Waals surface area contributed by atoms with E-state index in [4.69, 9.17) is 4.74 Å². The number of hydrogen-bond donors (Lipinski definition) is 2. The predicted octanol–water partition coefficient (Wildman–Crippen LogP) is 3.24. The molecule has 7 nitrogen and oxygen atoms in total. The van der Waals surface area contributed by atoms with Crippen molar-refractivity contribution in [3.05, 3.63) is 81.3 Å². The Bertz CT molecular complexity index is 1100. The monoisotopic (exact) mass is 406 g/mol. The molecule has 2 aromatic carbocycles. The number of hydrogen-bond acceptors (Lipinski definition) is 5. The van der Waals surface area contributed by atoms with Gasteiger partial charge in [0.05, 0.1) is 7.11 Å². The molecule has 0 bridgehead atoms. The van der Waals surface area contributed by atoms with Crippen molar-refractivity contribution in [3.63, 3.8) is 0 Å². The topological polar surface area (TPSA) is 85.2 Å². The van der Waals surface area contributed by atoms with Crippen LogP contribution in [0.25, 0.3) is 0 Å². The van der Waals surface area contributed by atoms with Crippen molar-refractivity contribution in [2.24, 2.45) is 0 Å². The summed E-state index contributed by atoms with van der Waals surface area (Å²) in [5, 5.41) is 6.03. The molecule has 3 rings (SSSR count). The van der Waals surface area contributed by atoms with Crippen LogP contribution < -0.4 is 20.9 Å². The molecule has 1 aromatic heterocycles. The Balaban J connectivity index is 1.77. The third kappa shape index (κ3) is 5.47. The van der Waals surface area contributed by atoms with E-state index in [0.717, 1.165) is 28.1 Å². The summed E-state index contributed by atoms with van der Waals surface area (Å²) in [5.74, 6) is 0.774. The van der Waals surface area contributed by atoms with Gasteiger partial charge in [-0.2, -0.15) is 0 Å². The first-order valence-electron chi connectivity index (χ1n) is 9.67. The number of aromatic nitrogens is 2. The average Bonchev–Trinajstić information content (AvgIpc) is 2.68. The van der Waals surface area contributed by atoms with E-state index in [1.165, 1.54) is 10.6 Å². The third-order valence-electron chi connectivity index (χ3n) is 4.54. The van der Waals surface area contributed by atoms with Crippen molar-refractivity contribution in [1.82, 2.24) is 14.9 Å². The molecule has 0 atom stereocenters. The van der Waals surface area contributed by atoms with Crippen LogP contribution >= 0.6 is 0 Å². The van der Waals surface area contributed by atoms with Crippen LogP contribution in [0.3, 0.4) is 0 Å². The molecule has 1 heterocycles. The summed E-state index contributed by atoms with van der Waals surface area (Å²) >= 11 is 0. The summed E-state index contributed by atoms with van der Waals surface area (Å²) in [4.78, 5) is 29.5. The fourth-order valence-electron chi connectivity index (χ4n) is 3.23. The maximum absolute atomic E-state index is 12.6. The second kappa shape index (κ2) is 9.26. The van der Waals surface area contributed by atoms with E-state index in [1.54, 1.807) is 14.0 Å². The van der Waals surface area contributed by atoms with Crippen molar-refractivity contribution in [3.8, 4) is 5.75 Å². The SMILES string of the molecule is COc1cccc(CNC(=O)Cn2c(Nc3cc(C)cc(C)c3)nc(C)cc2=O)c1. The quantitative estimate of drug-likeness (QED) is 0.629. The Kier molecular flexibility index (Phi) is 6.51. The van der Waals surface area contributed by atoms with Crippen molar-refractivity contribution < 1.29 is 9.53 Å². The van der Waals surface area contributed by atoms with E-state index in [9.17, 15) is 9.59 Å². The smallest absolute Gasteiger partial charge is 0.255 e. The molecule has 0 aliphatic rings. The van der Waals surface area contributed by atoms with E-state index < -0.39 is 0 Å². The Hall–Kier alpha value is -3.61. The van der Waals surface area contributed by atoms with E-state index in [0.29, 0.717) is 18.2 Å². The molecule has 7 heteroatoms. The Labute approximate surface area is 175 Å². The van der Waals surface area contributed by atoms with E-state index in [1.807, 2.05) is 50.2 Å². The molecule has 2 N–H and O–H groups in total. The van der Waals surface area contributed by atoms with Crippen LogP contribution in [0.2, 0.25) is 0 Å². The minimum absolute atomic E-state index is 0.136. The molecule has 0 saturated carbocycles. The molecule has 0 radical (unpaired) electrons. The van der Waals surface area contributed by atoms with E-state index in [-0.39, 0.29) is 18.0 Å². The van der Waals surface area contributed by atoms with Gasteiger partial charge in [0.2, 0.25) is 11.9 Å². The molecule has 156 valence electrons. The lowest BCUT2D eigenvalue weighted by Gasteiger charge is -2.15. The Morgan fingerprint density at radius 2 is 1.80 bits per heavy atom. The van der Waals surface area contributed by atoms with Crippen LogP contribution in [-0.2, 0) is 17.9 Å². The fraction of sp³-hybridized carbons (Fsp3) is 0.261.